The van der Waals surface area contributed by atoms with Gasteiger partial charge in [0.1, 0.15) is 5.75 Å². The van der Waals surface area contributed by atoms with Crippen LogP contribution in [0.5, 0.6) is 5.75 Å². The van der Waals surface area contributed by atoms with Gasteiger partial charge in [-0.05, 0) is 43.1 Å². The Kier molecular flexibility index (Phi) is 5.41. The van der Waals surface area contributed by atoms with Crippen LogP contribution in [0.3, 0.4) is 0 Å². The molecule has 0 atom stereocenters. The molecule has 0 amide bonds. The van der Waals surface area contributed by atoms with E-state index in [-0.39, 0.29) is 30.6 Å². The van der Waals surface area contributed by atoms with Crippen LogP contribution in [-0.2, 0) is 12.8 Å². The molecule has 0 saturated carbocycles. The second kappa shape index (κ2) is 6.42. The molecule has 1 aromatic heterocycles. The smallest absolute Gasteiger partial charge is 0.117 e. The van der Waals surface area contributed by atoms with Gasteiger partial charge in [0, 0.05) is 30.1 Å². The van der Waals surface area contributed by atoms with E-state index in [4.69, 9.17) is 4.98 Å². The topological polar surface area (TPSA) is 45.2 Å². The van der Waals surface area contributed by atoms with E-state index in [9.17, 15) is 5.11 Å². The quantitative estimate of drug-likeness (QED) is 0.786. The lowest BCUT2D eigenvalue weighted by atomic mass is 9.98. The van der Waals surface area contributed by atoms with Crippen molar-refractivity contribution in [3.63, 3.8) is 0 Å². The lowest BCUT2D eigenvalue weighted by Crippen LogP contribution is -2.16. The average molecular weight is 301 g/mol. The summed E-state index contributed by atoms with van der Waals surface area (Å²) in [5.74, 6) is 0.288. The fourth-order valence-corrected chi connectivity index (χ4v) is 2.61. The standard InChI is InChI=1S/C14H16N2O.2ClH/c1-9-11-3-2-10(17)8-14(11)16-13-5-7-15-6-4-12(9)13;;/h2-3,8,15,17H,4-7H2,1H3;2*1H. The van der Waals surface area contributed by atoms with Crippen molar-refractivity contribution < 1.29 is 5.11 Å². The van der Waals surface area contributed by atoms with E-state index < -0.39 is 0 Å². The summed E-state index contributed by atoms with van der Waals surface area (Å²) in [6.07, 6.45) is 2.02. The van der Waals surface area contributed by atoms with Gasteiger partial charge in [-0.3, -0.25) is 4.98 Å². The van der Waals surface area contributed by atoms with Gasteiger partial charge in [-0.2, -0.15) is 0 Å². The molecule has 104 valence electrons. The van der Waals surface area contributed by atoms with Crippen molar-refractivity contribution in [2.24, 2.45) is 0 Å². The van der Waals surface area contributed by atoms with Gasteiger partial charge in [0.2, 0.25) is 0 Å². The van der Waals surface area contributed by atoms with Crippen LogP contribution in [0.4, 0.5) is 0 Å². The summed E-state index contributed by atoms with van der Waals surface area (Å²) < 4.78 is 0. The third-order valence-corrected chi connectivity index (χ3v) is 3.53. The first-order valence-electron chi connectivity index (χ1n) is 6.07. The number of aryl methyl sites for hydroxylation is 1. The molecule has 2 heterocycles. The number of phenolic OH excluding ortho intramolecular Hbond substituents is 1. The number of halogens is 2. The zero-order valence-corrected chi connectivity index (χ0v) is 12.4. The minimum atomic E-state index is 0. The molecule has 2 aromatic rings. The molecule has 1 aliphatic heterocycles. The van der Waals surface area contributed by atoms with E-state index in [1.165, 1.54) is 16.8 Å². The third kappa shape index (κ3) is 2.94. The van der Waals surface area contributed by atoms with Crippen LogP contribution < -0.4 is 5.32 Å². The molecule has 0 aliphatic carbocycles. The summed E-state index contributed by atoms with van der Waals surface area (Å²) in [6.45, 7) is 4.17. The van der Waals surface area contributed by atoms with E-state index in [1.54, 1.807) is 12.1 Å². The Bertz CT molecular complexity index is 587. The van der Waals surface area contributed by atoms with E-state index in [2.05, 4.69) is 12.2 Å². The largest absolute Gasteiger partial charge is 0.508 e. The van der Waals surface area contributed by atoms with Crippen LogP contribution in [-0.4, -0.2) is 23.2 Å². The molecule has 0 bridgehead atoms. The van der Waals surface area contributed by atoms with Gasteiger partial charge in [-0.25, -0.2) is 0 Å². The molecule has 0 saturated heterocycles. The molecule has 0 radical (unpaired) electrons. The van der Waals surface area contributed by atoms with Crippen molar-refractivity contribution >= 4 is 35.7 Å². The summed E-state index contributed by atoms with van der Waals surface area (Å²) in [6, 6.07) is 5.45. The lowest BCUT2D eigenvalue weighted by molar-refractivity contribution is 0.476. The first-order valence-corrected chi connectivity index (χ1v) is 6.07. The number of fused-ring (bicyclic) bond motifs is 2. The van der Waals surface area contributed by atoms with E-state index >= 15 is 0 Å². The predicted molar refractivity (Wildman–Crippen MR) is 82.9 cm³/mol. The fraction of sp³-hybridized carbons (Fsp3) is 0.357. The van der Waals surface area contributed by atoms with Gasteiger partial charge in [0.15, 0.2) is 0 Å². The maximum Gasteiger partial charge on any atom is 0.117 e. The number of phenols is 1. The van der Waals surface area contributed by atoms with Crippen molar-refractivity contribution in [1.82, 2.24) is 10.3 Å². The summed E-state index contributed by atoms with van der Waals surface area (Å²) in [5.41, 5.74) is 4.79. The van der Waals surface area contributed by atoms with Crippen molar-refractivity contribution in [3.8, 4) is 5.75 Å². The SMILES string of the molecule is Cc1c2c(nc3cc(O)ccc13)CCNCC2.Cl.Cl. The highest BCUT2D eigenvalue weighted by atomic mass is 35.5. The Hall–Kier alpha value is -1.03. The minimum absolute atomic E-state index is 0. The molecule has 0 fully saturated rings. The van der Waals surface area contributed by atoms with Crippen LogP contribution in [0.15, 0.2) is 18.2 Å². The molecule has 0 spiro atoms. The molecule has 0 unspecified atom stereocenters. The van der Waals surface area contributed by atoms with Crippen molar-refractivity contribution in [2.75, 3.05) is 13.1 Å². The number of hydrogen-bond acceptors (Lipinski definition) is 3. The average Bonchev–Trinajstić information content (AvgIpc) is 2.54. The number of nitrogens with one attached hydrogen (secondary N) is 1. The molecule has 3 nitrogen and oxygen atoms in total. The van der Waals surface area contributed by atoms with Gasteiger partial charge in [-0.15, -0.1) is 24.8 Å². The Balaban J connectivity index is 0.000000902. The first-order chi connectivity index (χ1) is 8.25. The number of nitrogens with zero attached hydrogens (tertiary/aromatic N) is 1. The maximum atomic E-state index is 9.53. The Labute approximate surface area is 125 Å². The molecule has 1 aromatic carbocycles. The van der Waals surface area contributed by atoms with Gasteiger partial charge >= 0.3 is 0 Å². The highest BCUT2D eigenvalue weighted by Crippen LogP contribution is 2.26. The Morgan fingerprint density at radius 1 is 1.16 bits per heavy atom. The van der Waals surface area contributed by atoms with Crippen LogP contribution in [0.25, 0.3) is 10.9 Å². The molecule has 19 heavy (non-hydrogen) atoms. The van der Waals surface area contributed by atoms with E-state index in [0.717, 1.165) is 36.8 Å². The molecule has 3 rings (SSSR count). The minimum Gasteiger partial charge on any atom is -0.508 e. The van der Waals surface area contributed by atoms with E-state index in [0.29, 0.717) is 0 Å². The van der Waals surface area contributed by atoms with Gasteiger partial charge < -0.3 is 10.4 Å². The van der Waals surface area contributed by atoms with Crippen LogP contribution in [0, 0.1) is 6.92 Å². The van der Waals surface area contributed by atoms with E-state index in [1.807, 2.05) is 6.07 Å². The summed E-state index contributed by atoms with van der Waals surface area (Å²) in [4.78, 5) is 4.70. The van der Waals surface area contributed by atoms with Gasteiger partial charge in [0.05, 0.1) is 5.52 Å². The Morgan fingerprint density at radius 3 is 2.68 bits per heavy atom. The van der Waals surface area contributed by atoms with Crippen molar-refractivity contribution in [2.45, 2.75) is 19.8 Å². The number of aromatic hydroxyl groups is 1. The maximum absolute atomic E-state index is 9.53. The van der Waals surface area contributed by atoms with Crippen molar-refractivity contribution in [3.05, 3.63) is 35.0 Å². The number of aromatic nitrogens is 1. The number of pyridine rings is 1. The number of rotatable bonds is 0. The molecule has 2 N–H and O–H groups in total. The normalized spacial score (nSPS) is 13.9. The second-order valence-corrected chi connectivity index (χ2v) is 4.61. The highest BCUT2D eigenvalue weighted by Gasteiger charge is 2.14. The summed E-state index contributed by atoms with van der Waals surface area (Å²) >= 11 is 0. The fourth-order valence-electron chi connectivity index (χ4n) is 2.61. The zero-order valence-electron chi connectivity index (χ0n) is 10.8. The zero-order chi connectivity index (χ0) is 11.8. The summed E-state index contributed by atoms with van der Waals surface area (Å²) in [7, 11) is 0. The lowest BCUT2D eigenvalue weighted by Gasteiger charge is -2.12. The first kappa shape index (κ1) is 16.0. The second-order valence-electron chi connectivity index (χ2n) is 4.61. The molecule has 5 heteroatoms. The Morgan fingerprint density at radius 2 is 1.89 bits per heavy atom. The van der Waals surface area contributed by atoms with Gasteiger partial charge in [-0.1, -0.05) is 0 Å². The summed E-state index contributed by atoms with van der Waals surface area (Å²) in [5, 5.41) is 14.1. The molecular formula is C14H18Cl2N2O. The molecular weight excluding hydrogens is 283 g/mol. The monoisotopic (exact) mass is 300 g/mol. The van der Waals surface area contributed by atoms with Gasteiger partial charge in [0.25, 0.3) is 0 Å². The van der Waals surface area contributed by atoms with Crippen LogP contribution in [0.2, 0.25) is 0 Å². The highest BCUT2D eigenvalue weighted by molar-refractivity contribution is 5.86. The van der Waals surface area contributed by atoms with Crippen LogP contribution in [0.1, 0.15) is 16.8 Å². The predicted octanol–water partition coefficient (Wildman–Crippen LogP) is 2.78. The number of hydrogen-bond donors (Lipinski definition) is 2. The third-order valence-electron chi connectivity index (χ3n) is 3.53. The van der Waals surface area contributed by atoms with Crippen molar-refractivity contribution in [1.29, 1.82) is 0 Å². The molecule has 1 aliphatic rings. The number of benzene rings is 1. The van der Waals surface area contributed by atoms with Crippen LogP contribution >= 0.6 is 24.8 Å².